The summed E-state index contributed by atoms with van der Waals surface area (Å²) < 4.78 is 7.64. The summed E-state index contributed by atoms with van der Waals surface area (Å²) in [5.74, 6) is -0.276. The first-order valence-corrected chi connectivity index (χ1v) is 15.7. The largest absolute Gasteiger partial charge is 0.444 e. The number of benzene rings is 2. The van der Waals surface area contributed by atoms with Crippen LogP contribution in [0.4, 0.5) is 4.79 Å². The zero-order valence-electron chi connectivity index (χ0n) is 26.2. The van der Waals surface area contributed by atoms with Gasteiger partial charge in [-0.1, -0.05) is 36.4 Å². The molecule has 3 atom stereocenters. The first-order valence-electron chi connectivity index (χ1n) is 15.7. The highest BCUT2D eigenvalue weighted by Gasteiger charge is 2.43. The van der Waals surface area contributed by atoms with E-state index in [1.54, 1.807) is 25.7 Å². The van der Waals surface area contributed by atoms with Gasteiger partial charge in [0.1, 0.15) is 17.7 Å². The summed E-state index contributed by atoms with van der Waals surface area (Å²) in [6, 6.07) is 18.7. The molecule has 9 heteroatoms. The lowest BCUT2D eigenvalue weighted by molar-refractivity contribution is -0.144. The third kappa shape index (κ3) is 6.91. The molecule has 0 bridgehead atoms. The fourth-order valence-electron chi connectivity index (χ4n) is 6.66. The number of carbonyl (C=O) groups is 3. The van der Waals surface area contributed by atoms with Crippen molar-refractivity contribution in [1.29, 1.82) is 5.26 Å². The maximum Gasteiger partial charge on any atom is 0.408 e. The van der Waals surface area contributed by atoms with Crippen LogP contribution in [-0.4, -0.2) is 69.1 Å². The molecule has 0 radical (unpaired) electrons. The van der Waals surface area contributed by atoms with Crippen LogP contribution in [-0.2, 0) is 33.7 Å². The molecule has 0 unspecified atom stereocenters. The van der Waals surface area contributed by atoms with Gasteiger partial charge in [0, 0.05) is 43.3 Å². The Kier molecular flexibility index (Phi) is 9.28. The van der Waals surface area contributed by atoms with Crippen LogP contribution < -0.4 is 5.32 Å². The second kappa shape index (κ2) is 13.1. The highest BCUT2D eigenvalue weighted by Crippen LogP contribution is 2.29. The van der Waals surface area contributed by atoms with E-state index < -0.39 is 23.8 Å². The number of nitrogens with one attached hydrogen (secondary N) is 1. The third-order valence-electron chi connectivity index (χ3n) is 8.69. The van der Waals surface area contributed by atoms with Crippen molar-refractivity contribution in [3.8, 4) is 6.07 Å². The van der Waals surface area contributed by atoms with Gasteiger partial charge in [-0.3, -0.25) is 9.59 Å². The van der Waals surface area contributed by atoms with E-state index >= 15 is 0 Å². The van der Waals surface area contributed by atoms with Gasteiger partial charge in [-0.25, -0.2) is 4.79 Å². The molecule has 3 aromatic rings. The standard InChI is InChI=1S/C35H43N5O4/c1-5-38-28(22-26-14-13-25(23-36)21-30(26)38)16-15-27-12-9-18-39(27)33(42)31(20-24-10-7-6-8-11-24)40-19-17-29(32(40)41)37-34(43)44-35(2,3)4/h6-8,10-11,13-14,21-22,27,29,31H,5,9,12,15-20H2,1-4H3,(H,37,43)/t27-,29-,31-/m0/s1. The Bertz CT molecular complexity index is 1550. The van der Waals surface area contributed by atoms with Crippen molar-refractivity contribution in [3.63, 3.8) is 0 Å². The lowest BCUT2D eigenvalue weighted by atomic mass is 10.0. The fraction of sp³-hybridized carbons (Fsp3) is 0.486. The van der Waals surface area contributed by atoms with Crippen LogP contribution in [0.25, 0.3) is 10.9 Å². The SMILES string of the molecule is CCn1c(CC[C@@H]2CCCN2C(=O)[C@H](Cc2ccccc2)N2CC[C@H](NC(=O)OC(C)(C)C)C2=O)cc2ccc(C#N)cc21. The fourth-order valence-corrected chi connectivity index (χ4v) is 6.66. The zero-order chi connectivity index (χ0) is 31.4. The molecule has 0 saturated carbocycles. The molecule has 1 N–H and O–H groups in total. The molecule has 232 valence electrons. The number of aryl methyl sites for hydroxylation is 2. The number of alkyl carbamates (subject to hydrolysis) is 1. The van der Waals surface area contributed by atoms with Crippen LogP contribution in [0.15, 0.2) is 54.6 Å². The summed E-state index contributed by atoms with van der Waals surface area (Å²) in [6.07, 6.45) is 3.69. The molecule has 2 saturated heterocycles. The van der Waals surface area contributed by atoms with E-state index in [1.807, 2.05) is 53.4 Å². The first-order chi connectivity index (χ1) is 21.1. The molecule has 2 fully saturated rings. The number of amides is 3. The molecule has 3 amide bonds. The lowest BCUT2D eigenvalue weighted by Crippen LogP contribution is -2.53. The van der Waals surface area contributed by atoms with Crippen LogP contribution in [0.2, 0.25) is 0 Å². The number of nitrogens with zero attached hydrogens (tertiary/aromatic N) is 4. The van der Waals surface area contributed by atoms with Gasteiger partial charge in [-0.2, -0.15) is 5.26 Å². The molecule has 44 heavy (non-hydrogen) atoms. The van der Waals surface area contributed by atoms with Gasteiger partial charge in [0.2, 0.25) is 11.8 Å². The minimum absolute atomic E-state index is 0.0303. The van der Waals surface area contributed by atoms with Gasteiger partial charge >= 0.3 is 6.09 Å². The number of hydrogen-bond acceptors (Lipinski definition) is 5. The Morgan fingerprint density at radius 3 is 2.57 bits per heavy atom. The molecule has 5 rings (SSSR count). The monoisotopic (exact) mass is 597 g/mol. The van der Waals surface area contributed by atoms with E-state index in [9.17, 15) is 19.6 Å². The van der Waals surface area contributed by atoms with Crippen molar-refractivity contribution in [2.45, 2.75) is 96.5 Å². The zero-order valence-corrected chi connectivity index (χ0v) is 26.2. The van der Waals surface area contributed by atoms with Crippen LogP contribution in [0, 0.1) is 11.3 Å². The number of aromatic nitrogens is 1. The van der Waals surface area contributed by atoms with Gasteiger partial charge in [0.25, 0.3) is 0 Å². The molecule has 0 aliphatic carbocycles. The summed E-state index contributed by atoms with van der Waals surface area (Å²) in [4.78, 5) is 44.0. The van der Waals surface area contributed by atoms with E-state index in [2.05, 4.69) is 28.9 Å². The number of ether oxygens (including phenoxy) is 1. The Morgan fingerprint density at radius 1 is 1.09 bits per heavy atom. The normalized spacial score (nSPS) is 19.3. The van der Waals surface area contributed by atoms with Crippen molar-refractivity contribution >= 4 is 28.8 Å². The second-order valence-corrected chi connectivity index (χ2v) is 12.9. The van der Waals surface area contributed by atoms with Crippen molar-refractivity contribution in [1.82, 2.24) is 19.7 Å². The molecular formula is C35H43N5O4. The number of nitriles is 1. The van der Waals surface area contributed by atoms with Crippen LogP contribution in [0.3, 0.4) is 0 Å². The average molecular weight is 598 g/mol. The van der Waals surface area contributed by atoms with E-state index in [0.29, 0.717) is 31.5 Å². The summed E-state index contributed by atoms with van der Waals surface area (Å²) >= 11 is 0. The van der Waals surface area contributed by atoms with E-state index in [1.165, 1.54) is 5.69 Å². The molecule has 0 spiro atoms. The minimum atomic E-state index is -0.720. The summed E-state index contributed by atoms with van der Waals surface area (Å²) in [5.41, 5.74) is 3.22. The van der Waals surface area contributed by atoms with Gasteiger partial charge < -0.3 is 24.4 Å². The number of hydrogen-bond donors (Lipinski definition) is 1. The van der Waals surface area contributed by atoms with Gasteiger partial charge in [0.05, 0.1) is 11.6 Å². The molecule has 3 heterocycles. The van der Waals surface area contributed by atoms with Crippen molar-refractivity contribution < 1.29 is 19.1 Å². The Labute approximate surface area is 259 Å². The summed E-state index contributed by atoms with van der Waals surface area (Å²) in [7, 11) is 0. The Hall–Kier alpha value is -4.32. The number of rotatable bonds is 9. The van der Waals surface area contributed by atoms with Gasteiger partial charge in [0.15, 0.2) is 0 Å². The van der Waals surface area contributed by atoms with Crippen LogP contribution in [0.1, 0.15) is 70.2 Å². The smallest absolute Gasteiger partial charge is 0.408 e. The molecule has 1 aromatic heterocycles. The predicted octanol–water partition coefficient (Wildman–Crippen LogP) is 5.19. The number of likely N-dealkylation sites (tertiary alicyclic amines) is 2. The first kappa shape index (κ1) is 31.1. The number of carbonyl (C=O) groups excluding carboxylic acids is 3. The van der Waals surface area contributed by atoms with Crippen LogP contribution >= 0.6 is 0 Å². The highest BCUT2D eigenvalue weighted by atomic mass is 16.6. The maximum atomic E-state index is 14.3. The Morgan fingerprint density at radius 2 is 1.86 bits per heavy atom. The topological polar surface area (TPSA) is 108 Å². The predicted molar refractivity (Wildman–Crippen MR) is 169 cm³/mol. The van der Waals surface area contributed by atoms with Crippen molar-refractivity contribution in [2.24, 2.45) is 0 Å². The van der Waals surface area contributed by atoms with Gasteiger partial charge in [-0.15, -0.1) is 0 Å². The summed E-state index contributed by atoms with van der Waals surface area (Å²) in [6.45, 7) is 9.31. The molecule has 2 aromatic carbocycles. The van der Waals surface area contributed by atoms with Crippen LogP contribution in [0.5, 0.6) is 0 Å². The molecular weight excluding hydrogens is 554 g/mol. The van der Waals surface area contributed by atoms with E-state index in [0.717, 1.165) is 48.7 Å². The third-order valence-corrected chi connectivity index (χ3v) is 8.69. The van der Waals surface area contributed by atoms with E-state index in [4.69, 9.17) is 4.74 Å². The van der Waals surface area contributed by atoms with E-state index in [-0.39, 0.29) is 17.9 Å². The molecule has 2 aliphatic rings. The second-order valence-electron chi connectivity index (χ2n) is 12.9. The minimum Gasteiger partial charge on any atom is -0.444 e. The Balaban J connectivity index is 1.32. The van der Waals surface area contributed by atoms with Gasteiger partial charge in [-0.05, 0) is 88.9 Å². The molecule has 2 aliphatic heterocycles. The number of fused-ring (bicyclic) bond motifs is 1. The highest BCUT2D eigenvalue weighted by molar-refractivity contribution is 5.93. The average Bonchev–Trinajstić information content (AvgIpc) is 3.70. The van der Waals surface area contributed by atoms with Crippen molar-refractivity contribution in [2.75, 3.05) is 13.1 Å². The summed E-state index contributed by atoms with van der Waals surface area (Å²) in [5, 5.41) is 13.2. The van der Waals surface area contributed by atoms with Crippen molar-refractivity contribution in [3.05, 3.63) is 71.4 Å². The lowest BCUT2D eigenvalue weighted by Gasteiger charge is -2.34. The molecule has 9 nitrogen and oxygen atoms in total. The maximum absolute atomic E-state index is 14.3. The quantitative estimate of drug-likeness (QED) is 0.365.